The first-order valence-electron chi connectivity index (χ1n) is 8.34. The Hall–Kier alpha value is -2.24. The van der Waals surface area contributed by atoms with Crippen molar-refractivity contribution < 1.29 is 4.74 Å². The number of benzene rings is 1. The lowest BCUT2D eigenvalue weighted by atomic mass is 10.2. The number of methoxy groups -OCH3 is 1. The lowest BCUT2D eigenvalue weighted by Gasteiger charge is -2.34. The fraction of sp³-hybridized carbons (Fsp3) is 0.368. The van der Waals surface area contributed by atoms with Crippen LogP contribution >= 0.6 is 0 Å². The Labute approximate surface area is 143 Å². The van der Waals surface area contributed by atoms with Crippen LogP contribution in [0.4, 0.5) is 5.82 Å². The lowest BCUT2D eigenvalue weighted by Crippen LogP contribution is -2.46. The van der Waals surface area contributed by atoms with Crippen molar-refractivity contribution in [3.05, 3.63) is 60.1 Å². The van der Waals surface area contributed by atoms with Gasteiger partial charge in [-0.1, -0.05) is 42.5 Å². The Morgan fingerprint density at radius 3 is 2.62 bits per heavy atom. The molecular formula is C19H24N4O. The predicted molar refractivity (Wildman–Crippen MR) is 96.9 cm³/mol. The van der Waals surface area contributed by atoms with Crippen LogP contribution in [0.15, 0.2) is 48.8 Å². The van der Waals surface area contributed by atoms with Gasteiger partial charge in [0.25, 0.3) is 0 Å². The number of hydrogen-bond acceptors (Lipinski definition) is 5. The second-order valence-corrected chi connectivity index (χ2v) is 5.90. The van der Waals surface area contributed by atoms with Crippen LogP contribution in [0.3, 0.4) is 0 Å². The van der Waals surface area contributed by atoms with Gasteiger partial charge in [0.1, 0.15) is 12.1 Å². The van der Waals surface area contributed by atoms with Crippen LogP contribution in [0.2, 0.25) is 0 Å². The fourth-order valence-electron chi connectivity index (χ4n) is 2.85. The maximum absolute atomic E-state index is 5.14. The van der Waals surface area contributed by atoms with Crippen molar-refractivity contribution in [1.29, 1.82) is 0 Å². The minimum atomic E-state index is 0.528. The summed E-state index contributed by atoms with van der Waals surface area (Å²) in [6.45, 7) is 5.58. The average molecular weight is 324 g/mol. The number of aromatic nitrogens is 2. The molecule has 0 saturated carbocycles. The third-order valence-corrected chi connectivity index (χ3v) is 4.17. The van der Waals surface area contributed by atoms with Gasteiger partial charge in [0.2, 0.25) is 0 Å². The summed E-state index contributed by atoms with van der Waals surface area (Å²) in [5, 5.41) is 0. The molecule has 0 bridgehead atoms. The molecule has 0 N–H and O–H groups in total. The second-order valence-electron chi connectivity index (χ2n) is 5.90. The van der Waals surface area contributed by atoms with E-state index in [0.29, 0.717) is 6.61 Å². The number of anilines is 1. The molecule has 126 valence electrons. The molecule has 1 aromatic carbocycles. The zero-order valence-electron chi connectivity index (χ0n) is 14.1. The highest BCUT2D eigenvalue weighted by molar-refractivity contribution is 5.48. The zero-order chi connectivity index (χ0) is 16.6. The lowest BCUT2D eigenvalue weighted by molar-refractivity contribution is 0.181. The van der Waals surface area contributed by atoms with Gasteiger partial charge >= 0.3 is 0 Å². The number of piperazine rings is 1. The Bertz CT molecular complexity index is 651. The first-order valence-corrected chi connectivity index (χ1v) is 8.34. The van der Waals surface area contributed by atoms with E-state index in [-0.39, 0.29) is 0 Å². The standard InChI is InChI=1S/C19H24N4O/c1-24-15-18-14-19(21-16-20-18)23-12-10-22(11-13-23)9-5-8-17-6-3-2-4-7-17/h2-8,14,16H,9-13,15H2,1H3/b8-5+. The van der Waals surface area contributed by atoms with Gasteiger partial charge in [0, 0.05) is 45.9 Å². The molecule has 0 unspecified atom stereocenters. The van der Waals surface area contributed by atoms with Gasteiger partial charge in [-0.25, -0.2) is 9.97 Å². The molecule has 5 heteroatoms. The van der Waals surface area contributed by atoms with Crippen LogP contribution < -0.4 is 4.90 Å². The molecule has 1 aliphatic heterocycles. The largest absolute Gasteiger partial charge is 0.378 e. The smallest absolute Gasteiger partial charge is 0.132 e. The van der Waals surface area contributed by atoms with E-state index in [1.807, 2.05) is 12.1 Å². The van der Waals surface area contributed by atoms with Crippen molar-refractivity contribution >= 4 is 11.9 Å². The summed E-state index contributed by atoms with van der Waals surface area (Å²) in [6.07, 6.45) is 6.05. The van der Waals surface area contributed by atoms with Crippen LogP contribution in [0.25, 0.3) is 6.08 Å². The second kappa shape index (κ2) is 8.57. The van der Waals surface area contributed by atoms with E-state index in [1.54, 1.807) is 13.4 Å². The molecule has 1 aliphatic rings. The molecule has 0 radical (unpaired) electrons. The molecular weight excluding hydrogens is 300 g/mol. The van der Waals surface area contributed by atoms with Crippen molar-refractivity contribution in [2.24, 2.45) is 0 Å². The number of rotatable bonds is 6. The average Bonchev–Trinajstić information content (AvgIpc) is 2.64. The molecule has 2 aromatic rings. The van der Waals surface area contributed by atoms with Crippen molar-refractivity contribution in [2.45, 2.75) is 6.61 Å². The number of nitrogens with zero attached hydrogens (tertiary/aromatic N) is 4. The summed E-state index contributed by atoms with van der Waals surface area (Å²) in [4.78, 5) is 13.4. The summed E-state index contributed by atoms with van der Waals surface area (Å²) < 4.78 is 5.14. The normalized spacial score (nSPS) is 16.0. The molecule has 5 nitrogen and oxygen atoms in total. The van der Waals surface area contributed by atoms with E-state index in [0.717, 1.165) is 44.2 Å². The van der Waals surface area contributed by atoms with E-state index >= 15 is 0 Å². The van der Waals surface area contributed by atoms with Gasteiger partial charge in [-0.05, 0) is 5.56 Å². The van der Waals surface area contributed by atoms with Crippen LogP contribution in [0.5, 0.6) is 0 Å². The van der Waals surface area contributed by atoms with Crippen molar-refractivity contribution in [3.63, 3.8) is 0 Å². The predicted octanol–water partition coefficient (Wildman–Crippen LogP) is 2.46. The van der Waals surface area contributed by atoms with Crippen LogP contribution in [-0.4, -0.2) is 54.7 Å². The van der Waals surface area contributed by atoms with Gasteiger partial charge < -0.3 is 9.64 Å². The van der Waals surface area contributed by atoms with Crippen molar-refractivity contribution in [3.8, 4) is 0 Å². The molecule has 0 atom stereocenters. The first kappa shape index (κ1) is 16.6. The van der Waals surface area contributed by atoms with Crippen LogP contribution in [-0.2, 0) is 11.3 Å². The highest BCUT2D eigenvalue weighted by Crippen LogP contribution is 2.14. The summed E-state index contributed by atoms with van der Waals surface area (Å²) in [6, 6.07) is 12.5. The van der Waals surface area contributed by atoms with Gasteiger partial charge in [-0.3, -0.25) is 4.90 Å². The van der Waals surface area contributed by atoms with Crippen molar-refractivity contribution in [2.75, 3.05) is 44.7 Å². The Morgan fingerprint density at radius 2 is 1.88 bits per heavy atom. The fourth-order valence-corrected chi connectivity index (χ4v) is 2.85. The molecule has 24 heavy (non-hydrogen) atoms. The maximum Gasteiger partial charge on any atom is 0.132 e. The molecule has 0 spiro atoms. The minimum absolute atomic E-state index is 0.528. The highest BCUT2D eigenvalue weighted by Gasteiger charge is 2.17. The monoisotopic (exact) mass is 324 g/mol. The summed E-state index contributed by atoms with van der Waals surface area (Å²) in [5.41, 5.74) is 2.18. The zero-order valence-corrected chi connectivity index (χ0v) is 14.1. The highest BCUT2D eigenvalue weighted by atomic mass is 16.5. The van der Waals surface area contributed by atoms with E-state index in [4.69, 9.17) is 4.74 Å². The molecule has 2 heterocycles. The van der Waals surface area contributed by atoms with Gasteiger partial charge in [0.05, 0.1) is 12.3 Å². The Morgan fingerprint density at radius 1 is 1.08 bits per heavy atom. The van der Waals surface area contributed by atoms with Gasteiger partial charge in [0.15, 0.2) is 0 Å². The topological polar surface area (TPSA) is 41.5 Å². The minimum Gasteiger partial charge on any atom is -0.378 e. The molecule has 1 saturated heterocycles. The molecule has 0 amide bonds. The molecule has 1 aromatic heterocycles. The number of ether oxygens (including phenoxy) is 1. The quantitative estimate of drug-likeness (QED) is 0.816. The van der Waals surface area contributed by atoms with Gasteiger partial charge in [-0.15, -0.1) is 0 Å². The summed E-state index contributed by atoms with van der Waals surface area (Å²) in [7, 11) is 1.68. The maximum atomic E-state index is 5.14. The van der Waals surface area contributed by atoms with Crippen LogP contribution in [0.1, 0.15) is 11.3 Å². The SMILES string of the molecule is COCc1cc(N2CCN(C/C=C/c3ccccc3)CC2)ncn1. The van der Waals surface area contributed by atoms with Gasteiger partial charge in [-0.2, -0.15) is 0 Å². The Kier molecular flexibility index (Phi) is 5.93. The molecule has 1 fully saturated rings. The van der Waals surface area contributed by atoms with E-state index < -0.39 is 0 Å². The summed E-state index contributed by atoms with van der Waals surface area (Å²) >= 11 is 0. The third kappa shape index (κ3) is 4.63. The molecule has 0 aliphatic carbocycles. The van der Waals surface area contributed by atoms with E-state index in [1.165, 1.54) is 5.56 Å². The summed E-state index contributed by atoms with van der Waals surface area (Å²) in [5.74, 6) is 0.997. The van der Waals surface area contributed by atoms with Crippen molar-refractivity contribution in [1.82, 2.24) is 14.9 Å². The van der Waals surface area contributed by atoms with E-state index in [2.05, 4.69) is 56.2 Å². The molecule has 3 rings (SSSR count). The Balaban J connectivity index is 1.49. The van der Waals surface area contributed by atoms with Crippen LogP contribution in [0, 0.1) is 0 Å². The first-order chi connectivity index (χ1) is 11.8. The van der Waals surface area contributed by atoms with E-state index in [9.17, 15) is 0 Å². The third-order valence-electron chi connectivity index (χ3n) is 4.17. The number of hydrogen-bond donors (Lipinski definition) is 0.